The van der Waals surface area contributed by atoms with Crippen molar-refractivity contribution in [2.75, 3.05) is 18.9 Å². The summed E-state index contributed by atoms with van der Waals surface area (Å²) in [7, 11) is 1.83. The summed E-state index contributed by atoms with van der Waals surface area (Å²) in [5, 5.41) is 6.59. The van der Waals surface area contributed by atoms with Gasteiger partial charge in [0.2, 0.25) is 5.91 Å². The number of anilines is 1. The van der Waals surface area contributed by atoms with Gasteiger partial charge < -0.3 is 10.6 Å². The van der Waals surface area contributed by atoms with Gasteiger partial charge in [-0.3, -0.25) is 4.79 Å². The van der Waals surface area contributed by atoms with Crippen LogP contribution in [0.1, 0.15) is 19.4 Å². The van der Waals surface area contributed by atoms with Gasteiger partial charge in [0.05, 0.1) is 5.41 Å². The van der Waals surface area contributed by atoms with Gasteiger partial charge in [-0.05, 0) is 45.5 Å². The lowest BCUT2D eigenvalue weighted by Gasteiger charge is -2.23. The molecular weight excluding hydrogens is 236 g/mol. The Hall–Kier alpha value is -1.06. The van der Waals surface area contributed by atoms with E-state index in [9.17, 15) is 4.79 Å². The molecule has 0 aliphatic rings. The number of benzene rings is 1. The molecule has 0 unspecified atom stereocenters. The van der Waals surface area contributed by atoms with Crippen molar-refractivity contribution < 1.29 is 4.79 Å². The lowest BCUT2D eigenvalue weighted by atomic mass is 9.92. The monoisotopic (exact) mass is 254 g/mol. The van der Waals surface area contributed by atoms with E-state index in [0.717, 1.165) is 11.3 Å². The first-order chi connectivity index (χ1) is 7.88. The normalized spacial score (nSPS) is 11.4. The van der Waals surface area contributed by atoms with Crippen molar-refractivity contribution in [3.63, 3.8) is 0 Å². The maximum Gasteiger partial charge on any atom is 0.231 e. The van der Waals surface area contributed by atoms with E-state index in [4.69, 9.17) is 11.6 Å². The maximum atomic E-state index is 12.1. The van der Waals surface area contributed by atoms with Gasteiger partial charge >= 0.3 is 0 Å². The first-order valence-electron chi connectivity index (χ1n) is 5.59. The second-order valence-electron chi connectivity index (χ2n) is 4.78. The number of hydrogen-bond acceptors (Lipinski definition) is 2. The minimum atomic E-state index is -0.455. The fourth-order valence-electron chi connectivity index (χ4n) is 1.56. The standard InChI is InChI=1S/C13H19ClN2O/c1-9-10(14)6-5-7-11(9)16-12(17)13(2,3)8-15-4/h5-7,15H,8H2,1-4H3,(H,16,17). The Kier molecular flexibility index (Phi) is 4.54. The van der Waals surface area contributed by atoms with Gasteiger partial charge in [0.15, 0.2) is 0 Å². The topological polar surface area (TPSA) is 41.1 Å². The van der Waals surface area contributed by atoms with Crippen LogP contribution in [0.5, 0.6) is 0 Å². The number of hydrogen-bond donors (Lipinski definition) is 2. The Labute approximate surface area is 108 Å². The highest BCUT2D eigenvalue weighted by Gasteiger charge is 2.27. The molecule has 0 aliphatic carbocycles. The molecule has 17 heavy (non-hydrogen) atoms. The van der Waals surface area contributed by atoms with Crippen molar-refractivity contribution in [1.82, 2.24) is 5.32 Å². The molecule has 0 bridgehead atoms. The highest BCUT2D eigenvalue weighted by atomic mass is 35.5. The van der Waals surface area contributed by atoms with Crippen molar-refractivity contribution in [2.24, 2.45) is 5.41 Å². The van der Waals surface area contributed by atoms with Crippen LogP contribution < -0.4 is 10.6 Å². The fourth-order valence-corrected chi connectivity index (χ4v) is 1.73. The zero-order chi connectivity index (χ0) is 13.1. The minimum absolute atomic E-state index is 0.0165. The van der Waals surface area contributed by atoms with Gasteiger partial charge in [-0.2, -0.15) is 0 Å². The summed E-state index contributed by atoms with van der Waals surface area (Å²) in [5.41, 5.74) is 1.21. The number of carbonyl (C=O) groups is 1. The van der Waals surface area contributed by atoms with Crippen molar-refractivity contribution in [3.8, 4) is 0 Å². The van der Waals surface area contributed by atoms with Gasteiger partial charge in [0.1, 0.15) is 0 Å². The maximum absolute atomic E-state index is 12.1. The summed E-state index contributed by atoms with van der Waals surface area (Å²) >= 11 is 6.01. The Morgan fingerprint density at radius 1 is 1.41 bits per heavy atom. The summed E-state index contributed by atoms with van der Waals surface area (Å²) in [5.74, 6) is -0.0165. The molecule has 0 fully saturated rings. The zero-order valence-corrected chi connectivity index (χ0v) is 11.5. The Bertz CT molecular complexity index is 416. The third-order valence-corrected chi connectivity index (χ3v) is 3.16. The summed E-state index contributed by atoms with van der Waals surface area (Å²) < 4.78 is 0. The molecule has 1 aromatic carbocycles. The van der Waals surface area contributed by atoms with Crippen LogP contribution >= 0.6 is 11.6 Å². The van der Waals surface area contributed by atoms with Crippen LogP contribution in [-0.4, -0.2) is 19.5 Å². The number of amides is 1. The molecule has 0 spiro atoms. The molecule has 0 radical (unpaired) electrons. The summed E-state index contributed by atoms with van der Waals surface area (Å²) in [6.07, 6.45) is 0. The van der Waals surface area contributed by atoms with Crippen molar-refractivity contribution >= 4 is 23.2 Å². The molecule has 1 amide bonds. The Balaban J connectivity index is 2.85. The van der Waals surface area contributed by atoms with Gasteiger partial charge in [-0.25, -0.2) is 0 Å². The number of rotatable bonds is 4. The Morgan fingerprint density at radius 2 is 2.06 bits per heavy atom. The molecule has 3 nitrogen and oxygen atoms in total. The van der Waals surface area contributed by atoms with Gasteiger partial charge in [-0.15, -0.1) is 0 Å². The highest BCUT2D eigenvalue weighted by Crippen LogP contribution is 2.25. The number of carbonyl (C=O) groups excluding carboxylic acids is 1. The quantitative estimate of drug-likeness (QED) is 0.868. The van der Waals surface area contributed by atoms with E-state index in [1.807, 2.05) is 46.0 Å². The fraction of sp³-hybridized carbons (Fsp3) is 0.462. The van der Waals surface area contributed by atoms with E-state index in [1.165, 1.54) is 0 Å². The molecule has 1 aromatic rings. The molecule has 0 aliphatic heterocycles. The number of nitrogens with one attached hydrogen (secondary N) is 2. The van der Waals surface area contributed by atoms with Crippen LogP contribution in [0, 0.1) is 12.3 Å². The van der Waals surface area contributed by atoms with E-state index in [0.29, 0.717) is 11.6 Å². The van der Waals surface area contributed by atoms with Gasteiger partial charge in [-0.1, -0.05) is 17.7 Å². The predicted molar refractivity (Wildman–Crippen MR) is 72.5 cm³/mol. The van der Waals surface area contributed by atoms with Crippen LogP contribution in [0.4, 0.5) is 5.69 Å². The largest absolute Gasteiger partial charge is 0.325 e. The third kappa shape index (κ3) is 3.45. The summed E-state index contributed by atoms with van der Waals surface area (Å²) in [6.45, 7) is 6.32. The average Bonchev–Trinajstić information content (AvgIpc) is 2.24. The first kappa shape index (κ1) is 14.0. The smallest absolute Gasteiger partial charge is 0.231 e. The molecule has 4 heteroatoms. The van der Waals surface area contributed by atoms with E-state index >= 15 is 0 Å². The molecule has 0 aromatic heterocycles. The lowest BCUT2D eigenvalue weighted by molar-refractivity contribution is -0.123. The molecule has 0 saturated heterocycles. The lowest BCUT2D eigenvalue weighted by Crippen LogP contribution is -2.38. The summed E-state index contributed by atoms with van der Waals surface area (Å²) in [6, 6.07) is 5.50. The molecule has 2 N–H and O–H groups in total. The van der Waals surface area contributed by atoms with Gasteiger partial charge in [0.25, 0.3) is 0 Å². The van der Waals surface area contributed by atoms with Crippen LogP contribution in [0.15, 0.2) is 18.2 Å². The van der Waals surface area contributed by atoms with Crippen LogP contribution in [-0.2, 0) is 4.79 Å². The average molecular weight is 255 g/mol. The molecular formula is C13H19ClN2O. The predicted octanol–water partition coefficient (Wildman–Crippen LogP) is 2.83. The first-order valence-corrected chi connectivity index (χ1v) is 5.97. The van der Waals surface area contributed by atoms with Gasteiger partial charge in [0, 0.05) is 17.3 Å². The van der Waals surface area contributed by atoms with E-state index in [2.05, 4.69) is 10.6 Å². The molecule has 94 valence electrons. The van der Waals surface area contributed by atoms with Crippen LogP contribution in [0.25, 0.3) is 0 Å². The van der Waals surface area contributed by atoms with Crippen LogP contribution in [0.2, 0.25) is 5.02 Å². The molecule has 0 heterocycles. The van der Waals surface area contributed by atoms with Crippen LogP contribution in [0.3, 0.4) is 0 Å². The second kappa shape index (κ2) is 5.52. The number of halogens is 1. The molecule has 1 rings (SSSR count). The molecule has 0 atom stereocenters. The van der Waals surface area contributed by atoms with Crippen molar-refractivity contribution in [2.45, 2.75) is 20.8 Å². The van der Waals surface area contributed by atoms with E-state index in [-0.39, 0.29) is 5.91 Å². The summed E-state index contributed by atoms with van der Waals surface area (Å²) in [4.78, 5) is 12.1. The highest BCUT2D eigenvalue weighted by molar-refractivity contribution is 6.31. The third-order valence-electron chi connectivity index (χ3n) is 2.75. The SMILES string of the molecule is CNCC(C)(C)C(=O)Nc1cccc(Cl)c1C. The second-order valence-corrected chi connectivity index (χ2v) is 5.19. The zero-order valence-electron chi connectivity index (χ0n) is 10.7. The minimum Gasteiger partial charge on any atom is -0.325 e. The van der Waals surface area contributed by atoms with E-state index in [1.54, 1.807) is 0 Å². The van der Waals surface area contributed by atoms with E-state index < -0.39 is 5.41 Å². The Morgan fingerprint density at radius 3 is 2.65 bits per heavy atom. The van der Waals surface area contributed by atoms with Crippen molar-refractivity contribution in [1.29, 1.82) is 0 Å². The molecule has 0 saturated carbocycles. The van der Waals surface area contributed by atoms with Crippen molar-refractivity contribution in [3.05, 3.63) is 28.8 Å².